The second-order valence-corrected chi connectivity index (χ2v) is 6.81. The maximum absolute atomic E-state index is 12.6. The van der Waals surface area contributed by atoms with Crippen LogP contribution >= 0.6 is 11.6 Å². The number of morpholine rings is 1. The molecule has 0 amide bonds. The molecular formula is C12H14ClN3O3S. The van der Waals surface area contributed by atoms with E-state index in [4.69, 9.17) is 27.3 Å². The van der Waals surface area contributed by atoms with E-state index >= 15 is 0 Å². The number of nitrogens with zero attached hydrogens (tertiary/aromatic N) is 2. The number of hydrogen-bond acceptors (Lipinski definition) is 5. The van der Waals surface area contributed by atoms with Crippen molar-refractivity contribution >= 4 is 27.3 Å². The number of hydrogen-bond donors (Lipinski definition) is 1. The zero-order chi connectivity index (χ0) is 14.9. The van der Waals surface area contributed by atoms with Crippen molar-refractivity contribution in [1.29, 1.82) is 5.26 Å². The first-order valence-corrected chi connectivity index (χ1v) is 7.75. The summed E-state index contributed by atoms with van der Waals surface area (Å²) in [6.45, 7) is 2.02. The fourth-order valence-corrected chi connectivity index (χ4v) is 4.00. The quantitative estimate of drug-likeness (QED) is 0.826. The van der Waals surface area contributed by atoms with Crippen molar-refractivity contribution in [3.63, 3.8) is 0 Å². The molecule has 1 aliphatic rings. The van der Waals surface area contributed by atoms with Gasteiger partial charge in [0.1, 0.15) is 0 Å². The van der Waals surface area contributed by atoms with Crippen LogP contribution in [0.1, 0.15) is 5.56 Å². The molecule has 1 fully saturated rings. The number of ether oxygens (including phenoxy) is 1. The highest BCUT2D eigenvalue weighted by Gasteiger charge is 2.32. The van der Waals surface area contributed by atoms with Gasteiger partial charge in [-0.2, -0.15) is 9.57 Å². The molecule has 1 aliphatic heterocycles. The van der Waals surface area contributed by atoms with E-state index in [1.165, 1.54) is 16.4 Å². The number of anilines is 1. The van der Waals surface area contributed by atoms with Gasteiger partial charge in [-0.15, -0.1) is 0 Å². The van der Waals surface area contributed by atoms with Crippen LogP contribution in [0.5, 0.6) is 0 Å². The monoisotopic (exact) mass is 315 g/mol. The Hall–Kier alpha value is -1.33. The lowest BCUT2D eigenvalue weighted by Crippen LogP contribution is -2.45. The van der Waals surface area contributed by atoms with E-state index in [1.54, 1.807) is 6.92 Å². The van der Waals surface area contributed by atoms with Gasteiger partial charge in [-0.25, -0.2) is 8.42 Å². The third-order valence-corrected chi connectivity index (χ3v) is 5.37. The second-order valence-electron chi connectivity index (χ2n) is 4.47. The fraction of sp³-hybridized carbons (Fsp3) is 0.417. The number of halogens is 1. The molecule has 108 valence electrons. The lowest BCUT2D eigenvalue weighted by Gasteiger charge is -2.29. The lowest BCUT2D eigenvalue weighted by atomic mass is 10.2. The highest BCUT2D eigenvalue weighted by molar-refractivity contribution is 7.89. The lowest BCUT2D eigenvalue weighted by molar-refractivity contribution is 0.0311. The van der Waals surface area contributed by atoms with Crippen molar-refractivity contribution < 1.29 is 13.2 Å². The Labute approximate surface area is 122 Å². The van der Waals surface area contributed by atoms with Crippen molar-refractivity contribution in [2.75, 3.05) is 25.4 Å². The average Bonchev–Trinajstić information content (AvgIpc) is 2.42. The van der Waals surface area contributed by atoms with Gasteiger partial charge in [-0.3, -0.25) is 0 Å². The van der Waals surface area contributed by atoms with Gasteiger partial charge >= 0.3 is 0 Å². The number of nitrogens with two attached hydrogens (primary N) is 1. The smallest absolute Gasteiger partial charge is 0.243 e. The fourth-order valence-electron chi connectivity index (χ4n) is 2.00. The van der Waals surface area contributed by atoms with Gasteiger partial charge in [0.2, 0.25) is 10.0 Å². The van der Waals surface area contributed by atoms with Crippen LogP contribution in [-0.4, -0.2) is 38.5 Å². The van der Waals surface area contributed by atoms with Gasteiger partial charge in [0.25, 0.3) is 0 Å². The summed E-state index contributed by atoms with van der Waals surface area (Å²) in [5.41, 5.74) is 6.53. The molecule has 0 saturated carbocycles. The zero-order valence-electron chi connectivity index (χ0n) is 10.8. The molecule has 1 saturated heterocycles. The van der Waals surface area contributed by atoms with Gasteiger partial charge < -0.3 is 10.5 Å². The van der Waals surface area contributed by atoms with Crippen LogP contribution in [0.15, 0.2) is 17.0 Å². The summed E-state index contributed by atoms with van der Waals surface area (Å²) in [5.74, 6) is 0. The summed E-state index contributed by atoms with van der Waals surface area (Å²) in [5, 5.41) is 9.11. The maximum Gasteiger partial charge on any atom is 0.243 e. The summed E-state index contributed by atoms with van der Waals surface area (Å²) >= 11 is 5.88. The van der Waals surface area contributed by atoms with Crippen molar-refractivity contribution in [2.24, 2.45) is 0 Å². The predicted octanol–water partition coefficient (Wildman–Crippen LogP) is 1.14. The van der Waals surface area contributed by atoms with Crippen molar-refractivity contribution in [3.8, 4) is 6.07 Å². The summed E-state index contributed by atoms with van der Waals surface area (Å²) in [6, 6.07) is 4.80. The Balaban J connectivity index is 2.43. The van der Waals surface area contributed by atoms with Crippen LogP contribution in [0.4, 0.5) is 5.69 Å². The predicted molar refractivity (Wildman–Crippen MR) is 74.7 cm³/mol. The van der Waals surface area contributed by atoms with Gasteiger partial charge in [-0.05, 0) is 24.6 Å². The Bertz CT molecular complexity index is 669. The highest BCUT2D eigenvalue weighted by Crippen LogP contribution is 2.29. The zero-order valence-corrected chi connectivity index (χ0v) is 12.4. The van der Waals surface area contributed by atoms with Crippen LogP contribution in [0.3, 0.4) is 0 Å². The second kappa shape index (κ2) is 5.58. The first-order chi connectivity index (χ1) is 9.36. The van der Waals surface area contributed by atoms with Gasteiger partial charge in [0.05, 0.1) is 24.1 Å². The number of nitriles is 1. The third-order valence-electron chi connectivity index (χ3n) is 3.16. The van der Waals surface area contributed by atoms with Crippen LogP contribution in [0.25, 0.3) is 0 Å². The molecule has 1 aromatic rings. The van der Waals surface area contributed by atoms with Crippen molar-refractivity contribution in [3.05, 3.63) is 22.7 Å². The molecule has 0 aliphatic carbocycles. The molecule has 1 aromatic carbocycles. The molecule has 2 N–H and O–H groups in total. The van der Waals surface area contributed by atoms with E-state index in [9.17, 15) is 8.42 Å². The molecular weight excluding hydrogens is 302 g/mol. The topological polar surface area (TPSA) is 96.4 Å². The highest BCUT2D eigenvalue weighted by atomic mass is 35.5. The largest absolute Gasteiger partial charge is 0.398 e. The molecule has 2 rings (SSSR count). The summed E-state index contributed by atoms with van der Waals surface area (Å²) in [4.78, 5) is 0.0705. The third kappa shape index (κ3) is 2.74. The van der Waals surface area contributed by atoms with Gasteiger partial charge in [0.15, 0.2) is 6.10 Å². The Morgan fingerprint density at radius 2 is 2.25 bits per heavy atom. The van der Waals surface area contributed by atoms with E-state index in [-0.39, 0.29) is 29.6 Å². The van der Waals surface area contributed by atoms with E-state index in [0.717, 1.165) is 0 Å². The molecule has 6 nitrogen and oxygen atoms in total. The first-order valence-electron chi connectivity index (χ1n) is 5.93. The molecule has 20 heavy (non-hydrogen) atoms. The van der Waals surface area contributed by atoms with E-state index in [1.807, 2.05) is 6.07 Å². The van der Waals surface area contributed by atoms with Crippen molar-refractivity contribution in [2.45, 2.75) is 17.9 Å². The number of rotatable bonds is 2. The van der Waals surface area contributed by atoms with Crippen LogP contribution in [-0.2, 0) is 14.8 Å². The molecule has 0 spiro atoms. The van der Waals surface area contributed by atoms with Crippen LogP contribution in [0.2, 0.25) is 5.02 Å². The Kier molecular flexibility index (Phi) is 4.20. The summed E-state index contributed by atoms with van der Waals surface area (Å²) < 4.78 is 31.6. The molecule has 8 heteroatoms. The first kappa shape index (κ1) is 15.1. The minimum Gasteiger partial charge on any atom is -0.398 e. The van der Waals surface area contributed by atoms with E-state index in [2.05, 4.69) is 0 Å². The minimum absolute atomic E-state index is 0.00465. The Morgan fingerprint density at radius 3 is 2.90 bits per heavy atom. The maximum atomic E-state index is 12.6. The standard InChI is InChI=1S/C12H14ClN3O3S/c1-8-11(15)4-9(13)5-12(8)20(17,18)16-2-3-19-10(6-14)7-16/h4-5,10H,2-3,7,15H2,1H3. The SMILES string of the molecule is Cc1c(N)cc(Cl)cc1S(=O)(=O)N1CCOC(C#N)C1. The molecule has 1 heterocycles. The molecule has 1 atom stereocenters. The number of sulfonamides is 1. The van der Waals surface area contributed by atoms with Gasteiger partial charge in [0, 0.05) is 17.3 Å². The minimum atomic E-state index is -3.74. The van der Waals surface area contributed by atoms with E-state index < -0.39 is 16.1 Å². The molecule has 0 aromatic heterocycles. The van der Waals surface area contributed by atoms with Gasteiger partial charge in [-0.1, -0.05) is 11.6 Å². The number of nitrogen functional groups attached to an aromatic ring is 1. The normalized spacial score (nSPS) is 20.6. The molecule has 1 unspecified atom stereocenters. The van der Waals surface area contributed by atoms with Crippen LogP contribution < -0.4 is 5.73 Å². The molecule has 0 bridgehead atoms. The Morgan fingerprint density at radius 1 is 1.55 bits per heavy atom. The van der Waals surface area contributed by atoms with E-state index in [0.29, 0.717) is 11.3 Å². The average molecular weight is 316 g/mol. The summed E-state index contributed by atoms with van der Waals surface area (Å²) in [7, 11) is -3.74. The van der Waals surface area contributed by atoms with Crippen molar-refractivity contribution in [1.82, 2.24) is 4.31 Å². The van der Waals surface area contributed by atoms with Crippen LogP contribution in [0, 0.1) is 18.3 Å². The molecule has 0 radical (unpaired) electrons. The number of benzene rings is 1. The summed E-state index contributed by atoms with van der Waals surface area (Å²) in [6.07, 6.45) is -0.754.